The summed E-state index contributed by atoms with van der Waals surface area (Å²) in [5.74, 6) is 0.455. The van der Waals surface area contributed by atoms with Crippen molar-refractivity contribution in [1.29, 1.82) is 0 Å². The molecule has 0 bridgehead atoms. The van der Waals surface area contributed by atoms with E-state index < -0.39 is 0 Å². The van der Waals surface area contributed by atoms with Gasteiger partial charge in [0.15, 0.2) is 0 Å². The Hall–Kier alpha value is -0.763. The first-order valence-corrected chi connectivity index (χ1v) is 6.03. The van der Waals surface area contributed by atoms with Crippen LogP contribution in [-0.4, -0.2) is 14.6 Å². The van der Waals surface area contributed by atoms with Gasteiger partial charge in [0.1, 0.15) is 5.75 Å². The average Bonchev–Trinajstić information content (AvgIpc) is 1.94. The van der Waals surface area contributed by atoms with Crippen molar-refractivity contribution >= 4 is 9.52 Å². The number of rotatable bonds is 2. The molecule has 0 aliphatic carbocycles. The molecule has 54 valence electrons. The maximum atomic E-state index is 9.26. The van der Waals surface area contributed by atoms with Gasteiger partial charge in [-0.15, -0.1) is 0 Å². The molecule has 0 heterocycles. The smallest absolute Gasteiger partial charge is 0.118 e. The largest absolute Gasteiger partial charge is 0.508 e. The van der Waals surface area contributed by atoms with Gasteiger partial charge in [0.05, 0.1) is 0 Å². The summed E-state index contributed by atoms with van der Waals surface area (Å²) in [6.45, 7) is 2.24. The maximum absolute atomic E-state index is 9.26. The summed E-state index contributed by atoms with van der Waals surface area (Å²) in [6.07, 6.45) is 0. The van der Waals surface area contributed by atoms with E-state index in [1.165, 1.54) is 0 Å². The maximum Gasteiger partial charge on any atom is 0.118 e. The topological polar surface area (TPSA) is 20.2 Å². The molecule has 0 saturated carbocycles. The van der Waals surface area contributed by atoms with Gasteiger partial charge in [0.25, 0.3) is 0 Å². The van der Waals surface area contributed by atoms with Gasteiger partial charge in [-0.05, 0) is 17.7 Å². The van der Waals surface area contributed by atoms with Crippen molar-refractivity contribution in [3.8, 4) is 5.75 Å². The molecule has 1 aromatic rings. The van der Waals surface area contributed by atoms with E-state index in [0.29, 0.717) is 5.75 Å². The third kappa shape index (κ3) is 1.61. The van der Waals surface area contributed by atoms with Crippen LogP contribution in [0.15, 0.2) is 24.3 Å². The van der Waals surface area contributed by atoms with E-state index >= 15 is 0 Å². The normalized spacial score (nSPS) is 10.9. The Bertz CT molecular complexity index is 210. The summed E-state index contributed by atoms with van der Waals surface area (Å²) in [6, 6.07) is 8.67. The van der Waals surface area contributed by atoms with E-state index in [4.69, 9.17) is 0 Å². The van der Waals surface area contributed by atoms with Gasteiger partial charge in [-0.1, -0.05) is 24.7 Å². The Morgan fingerprint density at radius 3 is 2.70 bits per heavy atom. The Kier molecular flexibility index (Phi) is 2.51. The van der Waals surface area contributed by atoms with Crippen molar-refractivity contribution in [2.75, 3.05) is 0 Å². The molecular weight excluding hydrogens is 140 g/mol. The molecule has 0 aromatic heterocycles. The quantitative estimate of drug-likeness (QED) is 0.629. The van der Waals surface area contributed by atoms with E-state index in [0.717, 1.165) is 11.6 Å². The highest BCUT2D eigenvalue weighted by atomic mass is 28.2. The minimum Gasteiger partial charge on any atom is -0.508 e. The third-order valence-corrected chi connectivity index (χ3v) is 2.55. The second-order valence-corrected chi connectivity index (χ2v) is 3.88. The highest BCUT2D eigenvalue weighted by Crippen LogP contribution is 2.14. The first-order chi connectivity index (χ1) is 4.84. The Balaban J connectivity index is 2.81. The molecule has 10 heavy (non-hydrogen) atoms. The molecule has 0 radical (unpaired) electrons. The number of phenols is 1. The van der Waals surface area contributed by atoms with E-state index in [9.17, 15) is 5.11 Å². The third-order valence-electron chi connectivity index (χ3n) is 1.51. The van der Waals surface area contributed by atoms with Gasteiger partial charge < -0.3 is 5.11 Å². The van der Waals surface area contributed by atoms with Crippen LogP contribution >= 0.6 is 0 Å². The van der Waals surface area contributed by atoms with Crippen molar-refractivity contribution in [2.24, 2.45) is 0 Å². The van der Waals surface area contributed by atoms with Gasteiger partial charge in [-0.25, -0.2) is 0 Å². The van der Waals surface area contributed by atoms with Gasteiger partial charge >= 0.3 is 0 Å². The molecule has 0 fully saturated rings. The molecule has 1 rings (SSSR count). The molecule has 0 aliphatic rings. The molecule has 0 atom stereocenters. The van der Waals surface area contributed by atoms with E-state index in [2.05, 4.69) is 6.55 Å². The Morgan fingerprint density at radius 1 is 1.40 bits per heavy atom. The fourth-order valence-electron chi connectivity index (χ4n) is 0.992. The fraction of sp³-hybridized carbons (Fsp3) is 0.250. The highest BCUT2D eigenvalue weighted by Gasteiger charge is 1.95. The van der Waals surface area contributed by atoms with Crippen molar-refractivity contribution in [3.05, 3.63) is 29.8 Å². The number of para-hydroxylation sites is 1. The van der Waals surface area contributed by atoms with Crippen molar-refractivity contribution in [2.45, 2.75) is 12.6 Å². The lowest BCUT2D eigenvalue weighted by atomic mass is 10.2. The molecule has 1 N–H and O–H groups in total. The van der Waals surface area contributed by atoms with Gasteiger partial charge in [0.2, 0.25) is 0 Å². The lowest BCUT2D eigenvalue weighted by Gasteiger charge is -1.99. The van der Waals surface area contributed by atoms with Crippen molar-refractivity contribution in [1.82, 2.24) is 0 Å². The van der Waals surface area contributed by atoms with Gasteiger partial charge in [-0.2, -0.15) is 0 Å². The zero-order valence-corrected chi connectivity index (χ0v) is 7.59. The molecule has 1 nitrogen and oxygen atoms in total. The Morgan fingerprint density at radius 2 is 2.10 bits per heavy atom. The molecule has 0 spiro atoms. The SMILES string of the molecule is C[SiH2]Cc1ccccc1O. The first kappa shape index (κ1) is 7.35. The highest BCUT2D eigenvalue weighted by molar-refractivity contribution is 6.33. The second kappa shape index (κ2) is 3.42. The fourth-order valence-corrected chi connectivity index (χ4v) is 1.95. The van der Waals surface area contributed by atoms with Crippen LogP contribution < -0.4 is 0 Å². The summed E-state index contributed by atoms with van der Waals surface area (Å²) >= 11 is 0. The summed E-state index contributed by atoms with van der Waals surface area (Å²) < 4.78 is 0. The van der Waals surface area contributed by atoms with E-state index in [-0.39, 0.29) is 9.52 Å². The van der Waals surface area contributed by atoms with Crippen LogP contribution in [0, 0.1) is 0 Å². The van der Waals surface area contributed by atoms with Gasteiger partial charge in [0, 0.05) is 9.52 Å². The number of benzene rings is 1. The van der Waals surface area contributed by atoms with Crippen LogP contribution in [0.1, 0.15) is 5.56 Å². The lowest BCUT2D eigenvalue weighted by molar-refractivity contribution is 0.470. The molecule has 0 aliphatic heterocycles. The van der Waals surface area contributed by atoms with E-state index in [1.54, 1.807) is 6.07 Å². The lowest BCUT2D eigenvalue weighted by Crippen LogP contribution is -1.90. The summed E-state index contributed by atoms with van der Waals surface area (Å²) in [5.41, 5.74) is 1.11. The van der Waals surface area contributed by atoms with Crippen LogP contribution in [0.3, 0.4) is 0 Å². The van der Waals surface area contributed by atoms with Crippen molar-refractivity contribution < 1.29 is 5.11 Å². The zero-order chi connectivity index (χ0) is 7.40. The minimum atomic E-state index is 0.0343. The van der Waals surface area contributed by atoms with Crippen LogP contribution in [0.2, 0.25) is 6.55 Å². The Labute approximate surface area is 63.5 Å². The minimum absolute atomic E-state index is 0.0343. The standard InChI is InChI=1S/C8H12OSi/c1-10-6-7-4-2-3-5-8(7)9/h2-5,9H,6,10H2,1H3. The summed E-state index contributed by atoms with van der Waals surface area (Å²) in [4.78, 5) is 0. The number of hydrogen-bond donors (Lipinski definition) is 1. The first-order valence-electron chi connectivity index (χ1n) is 3.61. The monoisotopic (exact) mass is 152 g/mol. The average molecular weight is 152 g/mol. The van der Waals surface area contributed by atoms with E-state index in [1.807, 2.05) is 18.2 Å². The van der Waals surface area contributed by atoms with Gasteiger partial charge in [-0.3, -0.25) is 0 Å². The van der Waals surface area contributed by atoms with Crippen LogP contribution in [0.5, 0.6) is 5.75 Å². The van der Waals surface area contributed by atoms with Crippen LogP contribution in [-0.2, 0) is 6.04 Å². The zero-order valence-electron chi connectivity index (χ0n) is 6.17. The number of phenolic OH excluding ortho intramolecular Hbond substituents is 1. The summed E-state index contributed by atoms with van der Waals surface area (Å²) in [7, 11) is 0.0343. The predicted molar refractivity (Wildman–Crippen MR) is 46.2 cm³/mol. The second-order valence-electron chi connectivity index (χ2n) is 2.38. The number of hydrogen-bond acceptors (Lipinski definition) is 1. The molecule has 0 unspecified atom stereocenters. The molecular formula is C8H12OSi. The summed E-state index contributed by atoms with van der Waals surface area (Å²) in [5, 5.41) is 9.26. The molecule has 1 aromatic carbocycles. The van der Waals surface area contributed by atoms with Crippen molar-refractivity contribution in [3.63, 3.8) is 0 Å². The molecule has 0 amide bonds. The van der Waals surface area contributed by atoms with Crippen LogP contribution in [0.4, 0.5) is 0 Å². The number of aromatic hydroxyl groups is 1. The predicted octanol–water partition coefficient (Wildman–Crippen LogP) is 1.11. The molecule has 0 saturated heterocycles. The van der Waals surface area contributed by atoms with Crippen LogP contribution in [0.25, 0.3) is 0 Å². The molecule has 2 heteroatoms.